The fourth-order valence-electron chi connectivity index (χ4n) is 3.90. The zero-order chi connectivity index (χ0) is 26.3. The van der Waals surface area contributed by atoms with Crippen molar-refractivity contribution in [3.05, 3.63) is 75.8 Å². The van der Waals surface area contributed by atoms with Crippen molar-refractivity contribution in [3.8, 4) is 5.75 Å². The Labute approximate surface area is 219 Å². The Kier molecular flexibility index (Phi) is 9.63. The van der Waals surface area contributed by atoms with Crippen LogP contribution < -0.4 is 9.46 Å². The van der Waals surface area contributed by atoms with E-state index in [4.69, 9.17) is 14.0 Å². The van der Waals surface area contributed by atoms with E-state index in [2.05, 4.69) is 48.9 Å². The Hall–Kier alpha value is -2.77. The number of aldehydes is 1. The molecule has 0 bridgehead atoms. The van der Waals surface area contributed by atoms with Gasteiger partial charge in [-0.2, -0.15) is 0 Å². The summed E-state index contributed by atoms with van der Waals surface area (Å²) in [6.45, 7) is 14.7. The Morgan fingerprint density at radius 1 is 1.25 bits per heavy atom. The maximum absolute atomic E-state index is 12.0. The SMILES string of the molecule is CC(C)=C(/C=C(C)\C(=C\C(C=O)OC(C)(C)C)c1ccc2c(c1)CCCO2)NSCc1cc(C)on1. The molecule has 0 fully saturated rings. The molecule has 0 aliphatic carbocycles. The van der Waals surface area contributed by atoms with Crippen molar-refractivity contribution in [2.24, 2.45) is 0 Å². The van der Waals surface area contributed by atoms with Crippen LogP contribution in [-0.4, -0.2) is 29.8 Å². The number of rotatable bonds is 10. The molecule has 194 valence electrons. The molecule has 1 unspecified atom stereocenters. The highest BCUT2D eigenvalue weighted by atomic mass is 32.2. The van der Waals surface area contributed by atoms with Crippen molar-refractivity contribution in [1.29, 1.82) is 0 Å². The number of hydrogen-bond donors (Lipinski definition) is 1. The van der Waals surface area contributed by atoms with Crippen LogP contribution in [0, 0.1) is 6.92 Å². The molecular formula is C29H38N2O4S. The molecule has 1 atom stereocenters. The molecule has 2 aromatic rings. The summed E-state index contributed by atoms with van der Waals surface area (Å²) in [6, 6.07) is 8.20. The summed E-state index contributed by atoms with van der Waals surface area (Å²) in [5, 5.41) is 4.06. The van der Waals surface area contributed by atoms with Crippen LogP contribution >= 0.6 is 11.9 Å². The summed E-state index contributed by atoms with van der Waals surface area (Å²) in [4.78, 5) is 12.0. The number of ether oxygens (including phenoxy) is 2. The fourth-order valence-corrected chi connectivity index (χ4v) is 4.68. The first-order valence-electron chi connectivity index (χ1n) is 12.3. The molecule has 0 saturated heterocycles. The number of nitrogens with zero attached hydrogens (tertiary/aromatic N) is 1. The van der Waals surface area contributed by atoms with Crippen LogP contribution in [0.25, 0.3) is 5.57 Å². The van der Waals surface area contributed by atoms with Crippen molar-refractivity contribution < 1.29 is 18.8 Å². The third kappa shape index (κ3) is 8.14. The standard InChI is InChI=1S/C29H38N2O4S/c1-19(2)27(31-36-18-24-14-21(4)35-30-24)13-20(3)26(16-25(17-32)34-29(5,6)7)22-10-11-28-23(15-22)9-8-12-33-28/h10-11,13-17,25,31H,8-9,12,18H2,1-7H3/b20-13-,26-16-. The first-order chi connectivity index (χ1) is 17.1. The van der Waals surface area contributed by atoms with Crippen LogP contribution in [0.15, 0.2) is 57.8 Å². The monoisotopic (exact) mass is 510 g/mol. The van der Waals surface area contributed by atoms with Gasteiger partial charge in [0.15, 0.2) is 6.29 Å². The number of nitrogens with one attached hydrogen (secondary N) is 1. The predicted octanol–water partition coefficient (Wildman–Crippen LogP) is 6.75. The summed E-state index contributed by atoms with van der Waals surface area (Å²) in [5.41, 5.74) is 6.81. The van der Waals surface area contributed by atoms with Crippen molar-refractivity contribution in [3.63, 3.8) is 0 Å². The summed E-state index contributed by atoms with van der Waals surface area (Å²) in [5.74, 6) is 2.42. The number of allylic oxidation sites excluding steroid dienone is 4. The van der Waals surface area contributed by atoms with Crippen LogP contribution in [0.2, 0.25) is 0 Å². The van der Waals surface area contributed by atoms with E-state index >= 15 is 0 Å². The molecule has 1 aromatic carbocycles. The Balaban J connectivity index is 1.93. The van der Waals surface area contributed by atoms with Crippen LogP contribution in [0.4, 0.5) is 0 Å². The molecule has 1 N–H and O–H groups in total. The maximum atomic E-state index is 12.0. The number of benzene rings is 1. The van der Waals surface area contributed by atoms with E-state index in [0.717, 1.165) is 70.9 Å². The van der Waals surface area contributed by atoms with E-state index in [9.17, 15) is 4.79 Å². The second-order valence-electron chi connectivity index (χ2n) is 10.2. The molecule has 7 heteroatoms. The van der Waals surface area contributed by atoms with Gasteiger partial charge in [-0.25, -0.2) is 0 Å². The molecule has 0 radical (unpaired) electrons. The largest absolute Gasteiger partial charge is 0.493 e. The number of aromatic nitrogens is 1. The van der Waals surface area contributed by atoms with Crippen LogP contribution in [0.5, 0.6) is 5.75 Å². The Bertz CT molecular complexity index is 1150. The first kappa shape index (κ1) is 27.8. The number of aryl methyl sites for hydroxylation is 2. The quantitative estimate of drug-likeness (QED) is 0.215. The molecule has 0 spiro atoms. The van der Waals surface area contributed by atoms with E-state index in [1.54, 1.807) is 11.9 Å². The molecule has 1 aromatic heterocycles. The number of carbonyl (C=O) groups is 1. The molecular weight excluding hydrogens is 472 g/mol. The zero-order valence-corrected chi connectivity index (χ0v) is 23.3. The van der Waals surface area contributed by atoms with E-state index < -0.39 is 11.7 Å². The number of fused-ring (bicyclic) bond motifs is 1. The Morgan fingerprint density at radius 3 is 2.67 bits per heavy atom. The van der Waals surface area contributed by atoms with Gasteiger partial charge in [-0.3, -0.25) is 0 Å². The molecule has 36 heavy (non-hydrogen) atoms. The van der Waals surface area contributed by atoms with Gasteiger partial charge in [-0.05, 0) is 120 Å². The third-order valence-electron chi connectivity index (χ3n) is 5.58. The molecule has 0 saturated carbocycles. The third-order valence-corrected chi connectivity index (χ3v) is 6.38. The summed E-state index contributed by atoms with van der Waals surface area (Å²) < 4.78 is 20.5. The van der Waals surface area contributed by atoms with Gasteiger partial charge in [0, 0.05) is 11.8 Å². The average Bonchev–Trinajstić information content (AvgIpc) is 3.24. The molecule has 1 aliphatic heterocycles. The van der Waals surface area contributed by atoms with Crippen molar-refractivity contribution >= 4 is 23.8 Å². The van der Waals surface area contributed by atoms with E-state index in [1.165, 1.54) is 5.56 Å². The van der Waals surface area contributed by atoms with Gasteiger partial charge in [0.05, 0.1) is 23.7 Å². The fraction of sp³-hybridized carbons (Fsp3) is 0.448. The van der Waals surface area contributed by atoms with Gasteiger partial charge >= 0.3 is 0 Å². The minimum absolute atomic E-state index is 0.447. The lowest BCUT2D eigenvalue weighted by Crippen LogP contribution is -2.27. The van der Waals surface area contributed by atoms with Crippen LogP contribution in [0.3, 0.4) is 0 Å². The summed E-state index contributed by atoms with van der Waals surface area (Å²) in [7, 11) is 0. The van der Waals surface area contributed by atoms with Gasteiger partial charge in [-0.1, -0.05) is 16.8 Å². The number of hydrogen-bond acceptors (Lipinski definition) is 7. The maximum Gasteiger partial charge on any atom is 0.152 e. The zero-order valence-electron chi connectivity index (χ0n) is 22.4. The molecule has 0 amide bonds. The Morgan fingerprint density at radius 2 is 2.03 bits per heavy atom. The smallest absolute Gasteiger partial charge is 0.152 e. The minimum atomic E-state index is -0.663. The lowest BCUT2D eigenvalue weighted by molar-refractivity contribution is -0.122. The van der Waals surface area contributed by atoms with Gasteiger partial charge in [0.1, 0.15) is 17.6 Å². The van der Waals surface area contributed by atoms with Gasteiger partial charge in [-0.15, -0.1) is 0 Å². The topological polar surface area (TPSA) is 73.6 Å². The lowest BCUT2D eigenvalue weighted by Gasteiger charge is -2.24. The molecule has 6 nitrogen and oxygen atoms in total. The van der Waals surface area contributed by atoms with E-state index in [-0.39, 0.29) is 0 Å². The van der Waals surface area contributed by atoms with Crippen molar-refractivity contribution in [2.75, 3.05) is 6.61 Å². The second-order valence-corrected chi connectivity index (χ2v) is 11.0. The molecule has 2 heterocycles. The van der Waals surface area contributed by atoms with Crippen molar-refractivity contribution in [1.82, 2.24) is 9.88 Å². The normalized spacial score (nSPS) is 15.1. The van der Waals surface area contributed by atoms with Crippen molar-refractivity contribution in [2.45, 2.75) is 78.8 Å². The highest BCUT2D eigenvalue weighted by Gasteiger charge is 2.19. The predicted molar refractivity (Wildman–Crippen MR) is 147 cm³/mol. The minimum Gasteiger partial charge on any atom is -0.493 e. The van der Waals surface area contributed by atoms with Crippen LogP contribution in [0.1, 0.15) is 70.5 Å². The highest BCUT2D eigenvalue weighted by molar-refractivity contribution is 7.96. The first-order valence-corrected chi connectivity index (χ1v) is 13.3. The summed E-state index contributed by atoms with van der Waals surface area (Å²) in [6.07, 6.45) is 6.22. The van der Waals surface area contributed by atoms with E-state index in [0.29, 0.717) is 5.75 Å². The second kappa shape index (κ2) is 12.5. The van der Waals surface area contributed by atoms with Gasteiger partial charge in [0.2, 0.25) is 0 Å². The van der Waals surface area contributed by atoms with E-state index in [1.807, 2.05) is 45.9 Å². The van der Waals surface area contributed by atoms with Gasteiger partial charge in [0.25, 0.3) is 0 Å². The molecule has 1 aliphatic rings. The summed E-state index contributed by atoms with van der Waals surface area (Å²) >= 11 is 1.56. The average molecular weight is 511 g/mol. The lowest BCUT2D eigenvalue weighted by atomic mass is 9.93. The number of carbonyl (C=O) groups excluding carboxylic acids is 1. The van der Waals surface area contributed by atoms with Crippen LogP contribution in [-0.2, 0) is 21.7 Å². The molecule has 3 rings (SSSR count). The highest BCUT2D eigenvalue weighted by Crippen LogP contribution is 2.32. The van der Waals surface area contributed by atoms with Gasteiger partial charge < -0.3 is 23.5 Å².